The smallest absolute Gasteiger partial charge is 0.147 e. The molecule has 0 aromatic heterocycles. The summed E-state index contributed by atoms with van der Waals surface area (Å²) >= 11 is 0. The van der Waals surface area contributed by atoms with Crippen LogP contribution in [0.4, 0.5) is 0 Å². The molecule has 0 unspecified atom stereocenters. The first-order valence-electron chi connectivity index (χ1n) is 10.1. The lowest BCUT2D eigenvalue weighted by atomic mass is 9.75. The first kappa shape index (κ1) is 19.4. The third kappa shape index (κ3) is 4.09. The molecule has 4 aromatic carbocycles. The van der Waals surface area contributed by atoms with Crippen molar-refractivity contribution in [2.75, 3.05) is 0 Å². The van der Waals surface area contributed by atoms with Crippen LogP contribution in [0, 0.1) is 0 Å². The number of hydrogen-bond acceptors (Lipinski definition) is 1. The molecule has 0 radical (unpaired) electrons. The average Bonchev–Trinajstić information content (AvgIpc) is 2.82. The molecule has 144 valence electrons. The molecule has 0 saturated heterocycles. The molecule has 0 spiro atoms. The van der Waals surface area contributed by atoms with Gasteiger partial charge in [-0.3, -0.25) is 0 Å². The Bertz CT molecular complexity index is 922. The summed E-state index contributed by atoms with van der Waals surface area (Å²) < 4.78 is 6.52. The van der Waals surface area contributed by atoms with Crippen molar-refractivity contribution in [3.8, 4) is 0 Å². The Morgan fingerprint density at radius 1 is 0.552 bits per heavy atom. The van der Waals surface area contributed by atoms with Gasteiger partial charge in [0, 0.05) is 5.92 Å². The van der Waals surface area contributed by atoms with Crippen LogP contribution in [0.15, 0.2) is 121 Å². The molecule has 0 atom stereocenters. The van der Waals surface area contributed by atoms with Crippen LogP contribution in [0.2, 0.25) is 0 Å². The fraction of sp³-hybridized carbons (Fsp3) is 0.111. The van der Waals surface area contributed by atoms with Crippen LogP contribution in [-0.2, 0) is 10.0 Å². The minimum Gasteiger partial charge on any atom is -0.414 e. The van der Waals surface area contributed by atoms with E-state index in [9.17, 15) is 0 Å². The molecular formula is C27H26OSi. The Labute approximate surface area is 176 Å². The highest BCUT2D eigenvalue weighted by Gasteiger charge is 2.37. The summed E-state index contributed by atoms with van der Waals surface area (Å²) in [5.41, 5.74) is 4.56. The predicted octanol–water partition coefficient (Wildman–Crippen LogP) is 5.45. The summed E-state index contributed by atoms with van der Waals surface area (Å²) in [5.74, 6) is 0.228. The van der Waals surface area contributed by atoms with Crippen LogP contribution in [-0.4, -0.2) is 10.5 Å². The lowest BCUT2D eigenvalue weighted by molar-refractivity contribution is 0.108. The summed E-state index contributed by atoms with van der Waals surface area (Å²) in [6.45, 7) is 0. The predicted molar refractivity (Wildman–Crippen MR) is 124 cm³/mol. The van der Waals surface area contributed by atoms with Gasteiger partial charge in [-0.05, 0) is 28.7 Å². The van der Waals surface area contributed by atoms with Gasteiger partial charge in [-0.2, -0.15) is 0 Å². The van der Waals surface area contributed by atoms with Crippen molar-refractivity contribution in [1.82, 2.24) is 0 Å². The lowest BCUT2D eigenvalue weighted by Crippen LogP contribution is -2.33. The molecular weight excluding hydrogens is 368 g/mol. The Hall–Kier alpha value is -2.94. The van der Waals surface area contributed by atoms with Crippen molar-refractivity contribution in [3.05, 3.63) is 144 Å². The zero-order chi connectivity index (χ0) is 19.9. The van der Waals surface area contributed by atoms with E-state index in [-0.39, 0.29) is 5.92 Å². The van der Waals surface area contributed by atoms with Crippen LogP contribution in [0.1, 0.15) is 34.6 Å². The molecule has 4 rings (SSSR count). The molecule has 2 heteroatoms. The molecule has 0 saturated carbocycles. The maximum atomic E-state index is 6.52. The Morgan fingerprint density at radius 3 is 1.24 bits per heavy atom. The van der Waals surface area contributed by atoms with Gasteiger partial charge < -0.3 is 4.43 Å². The Morgan fingerprint density at radius 2 is 0.897 bits per heavy atom. The van der Waals surface area contributed by atoms with Gasteiger partial charge in [0.2, 0.25) is 0 Å². The van der Waals surface area contributed by atoms with Crippen molar-refractivity contribution in [3.63, 3.8) is 0 Å². The van der Waals surface area contributed by atoms with Gasteiger partial charge in [0.15, 0.2) is 0 Å². The van der Waals surface area contributed by atoms with E-state index in [4.69, 9.17) is 4.43 Å². The normalized spacial score (nSPS) is 11.6. The van der Waals surface area contributed by atoms with Crippen molar-refractivity contribution in [2.24, 2.45) is 0 Å². The maximum Gasteiger partial charge on any atom is 0.147 e. The van der Waals surface area contributed by atoms with E-state index < -0.39 is 5.60 Å². The van der Waals surface area contributed by atoms with Gasteiger partial charge >= 0.3 is 0 Å². The van der Waals surface area contributed by atoms with Crippen LogP contribution in [0.3, 0.4) is 0 Å². The standard InChI is InChI=1S/C27H26OSi/c29-28-27(24-17-9-3-10-18-24,25-19-11-4-12-20-25)21-26(22-13-5-1-6-14-22)23-15-7-2-8-16-23/h1-20,26H,21H2,29H3. The molecule has 0 fully saturated rings. The highest BCUT2D eigenvalue weighted by atomic mass is 28.2. The van der Waals surface area contributed by atoms with Gasteiger partial charge in [-0.25, -0.2) is 0 Å². The largest absolute Gasteiger partial charge is 0.414 e. The number of benzene rings is 4. The van der Waals surface area contributed by atoms with E-state index in [1.54, 1.807) is 0 Å². The van der Waals surface area contributed by atoms with Crippen molar-refractivity contribution < 1.29 is 4.43 Å². The monoisotopic (exact) mass is 394 g/mol. The van der Waals surface area contributed by atoms with Crippen molar-refractivity contribution in [1.29, 1.82) is 0 Å². The third-order valence-electron chi connectivity index (χ3n) is 5.72. The Kier molecular flexibility index (Phi) is 6.04. The second-order valence-electron chi connectivity index (χ2n) is 7.34. The molecule has 0 N–H and O–H groups in total. The summed E-state index contributed by atoms with van der Waals surface area (Å²) in [4.78, 5) is 0. The first-order valence-corrected chi connectivity index (χ1v) is 10.9. The zero-order valence-corrected chi connectivity index (χ0v) is 18.7. The van der Waals surface area contributed by atoms with Gasteiger partial charge in [0.25, 0.3) is 0 Å². The minimum atomic E-state index is -0.481. The molecule has 1 nitrogen and oxygen atoms in total. The fourth-order valence-electron chi connectivity index (χ4n) is 4.22. The summed E-state index contributed by atoms with van der Waals surface area (Å²) in [6, 6.07) is 42.9. The molecule has 0 aliphatic heterocycles. The van der Waals surface area contributed by atoms with E-state index >= 15 is 0 Å². The molecule has 0 heterocycles. The third-order valence-corrected chi connectivity index (χ3v) is 6.42. The molecule has 0 aliphatic carbocycles. The molecule has 4 aromatic rings. The van der Waals surface area contributed by atoms with Gasteiger partial charge in [0.05, 0.1) is 0 Å². The minimum absolute atomic E-state index is 0.228. The van der Waals surface area contributed by atoms with Crippen LogP contribution >= 0.6 is 0 Å². The SMILES string of the molecule is [SiH3]OC(CC(c1ccccc1)c1ccccc1)(c1ccccc1)c1ccccc1. The number of hydrogen-bond donors (Lipinski definition) is 0. The van der Waals surface area contributed by atoms with E-state index in [0.29, 0.717) is 10.5 Å². The van der Waals surface area contributed by atoms with Crippen LogP contribution in [0.25, 0.3) is 0 Å². The highest BCUT2D eigenvalue weighted by Crippen LogP contribution is 2.43. The average molecular weight is 395 g/mol. The van der Waals surface area contributed by atoms with Crippen LogP contribution < -0.4 is 0 Å². The second-order valence-corrected chi connectivity index (χ2v) is 7.75. The molecule has 0 amide bonds. The molecule has 29 heavy (non-hydrogen) atoms. The topological polar surface area (TPSA) is 9.23 Å². The van der Waals surface area contributed by atoms with Gasteiger partial charge in [-0.1, -0.05) is 121 Å². The van der Waals surface area contributed by atoms with Crippen LogP contribution in [0.5, 0.6) is 0 Å². The van der Waals surface area contributed by atoms with Gasteiger partial charge in [-0.15, -0.1) is 0 Å². The summed E-state index contributed by atoms with van der Waals surface area (Å²) in [7, 11) is 0.646. The fourth-order valence-corrected chi connectivity index (χ4v) is 4.86. The van der Waals surface area contributed by atoms with E-state index in [2.05, 4.69) is 121 Å². The quantitative estimate of drug-likeness (QED) is 0.379. The Balaban J connectivity index is 1.88. The summed E-state index contributed by atoms with van der Waals surface area (Å²) in [6.07, 6.45) is 0.846. The van der Waals surface area contributed by atoms with Crippen molar-refractivity contribution in [2.45, 2.75) is 17.9 Å². The first-order chi connectivity index (χ1) is 14.3. The molecule has 0 aliphatic rings. The highest BCUT2D eigenvalue weighted by molar-refractivity contribution is 5.98. The van der Waals surface area contributed by atoms with E-state index in [1.165, 1.54) is 22.3 Å². The lowest BCUT2D eigenvalue weighted by Gasteiger charge is -2.38. The second kappa shape index (κ2) is 9.04. The summed E-state index contributed by atoms with van der Waals surface area (Å²) in [5, 5.41) is 0. The molecule has 0 bridgehead atoms. The van der Waals surface area contributed by atoms with E-state index in [0.717, 1.165) is 6.42 Å². The maximum absolute atomic E-state index is 6.52. The van der Waals surface area contributed by atoms with Gasteiger partial charge in [0.1, 0.15) is 16.1 Å². The number of rotatable bonds is 7. The zero-order valence-electron chi connectivity index (χ0n) is 16.7. The van der Waals surface area contributed by atoms with Crippen molar-refractivity contribution >= 4 is 10.5 Å². The van der Waals surface area contributed by atoms with E-state index in [1.807, 2.05) is 0 Å².